The van der Waals surface area contributed by atoms with Gasteiger partial charge >= 0.3 is 12.1 Å². The maximum absolute atomic E-state index is 12.2. The monoisotopic (exact) mass is 399 g/mol. The molecule has 0 fully saturated rings. The number of hydrogen-bond acceptors (Lipinski definition) is 5. The van der Waals surface area contributed by atoms with E-state index in [4.69, 9.17) is 15.6 Å². The van der Waals surface area contributed by atoms with Crippen molar-refractivity contribution in [3.8, 4) is 0 Å². The summed E-state index contributed by atoms with van der Waals surface area (Å²) in [4.78, 5) is 27.4. The summed E-state index contributed by atoms with van der Waals surface area (Å²) in [7, 11) is 0. The number of nitrogens with zero attached hydrogens (tertiary/aromatic N) is 3. The maximum atomic E-state index is 12.2. The molecular formula is C17H20F3N5O3. The summed E-state index contributed by atoms with van der Waals surface area (Å²) in [5.74, 6) is -1.33. The zero-order valence-electron chi connectivity index (χ0n) is 15.0. The van der Waals surface area contributed by atoms with E-state index in [1.165, 1.54) is 0 Å². The molecule has 1 atom stereocenters. The van der Waals surface area contributed by atoms with Crippen LogP contribution in [0.4, 0.5) is 18.9 Å². The lowest BCUT2D eigenvalue weighted by Gasteiger charge is -2.22. The summed E-state index contributed by atoms with van der Waals surface area (Å²) in [6.07, 6.45) is -2.49. The molecule has 0 bridgehead atoms. The minimum atomic E-state index is -5.08. The van der Waals surface area contributed by atoms with Gasteiger partial charge in [-0.05, 0) is 18.1 Å². The summed E-state index contributed by atoms with van der Waals surface area (Å²) in [5, 5.41) is 14.4. The predicted molar refractivity (Wildman–Crippen MR) is 93.5 cm³/mol. The number of aromatic nitrogens is 3. The van der Waals surface area contributed by atoms with Crippen LogP contribution in [0.25, 0.3) is 0 Å². The summed E-state index contributed by atoms with van der Waals surface area (Å²) in [6.45, 7) is 2.08. The SMILES string of the molecule is CCCc1nc(C2Cc3ccccc3N2C(=O)CN)n[nH]1.O=C(O)C(F)(F)F. The number of para-hydroxylation sites is 1. The number of halogens is 3. The number of carboxylic acids is 1. The minimum Gasteiger partial charge on any atom is -0.475 e. The van der Waals surface area contributed by atoms with E-state index in [9.17, 15) is 18.0 Å². The van der Waals surface area contributed by atoms with Gasteiger partial charge in [0.1, 0.15) is 11.9 Å². The average molecular weight is 399 g/mol. The molecule has 0 aliphatic carbocycles. The first-order valence-corrected chi connectivity index (χ1v) is 8.50. The van der Waals surface area contributed by atoms with E-state index in [1.807, 2.05) is 24.3 Å². The summed E-state index contributed by atoms with van der Waals surface area (Å²) < 4.78 is 31.7. The third-order valence-corrected chi connectivity index (χ3v) is 4.00. The van der Waals surface area contributed by atoms with Crippen LogP contribution in [0, 0.1) is 0 Å². The standard InChI is InChI=1S/C15H19N5O.C2HF3O2/c1-2-5-13-17-15(19-18-13)12-8-10-6-3-4-7-11(10)20(12)14(21)9-16;3-2(4,5)1(6)7/h3-4,6-7,12H,2,5,8-9,16H2,1H3,(H,17,18,19);(H,6,7). The normalized spacial score (nSPS) is 15.6. The Bertz CT molecular complexity index is 837. The Kier molecular flexibility index (Phi) is 6.73. The lowest BCUT2D eigenvalue weighted by molar-refractivity contribution is -0.192. The molecule has 3 rings (SSSR count). The van der Waals surface area contributed by atoms with E-state index in [0.717, 1.165) is 36.3 Å². The van der Waals surface area contributed by atoms with Crippen molar-refractivity contribution < 1.29 is 27.9 Å². The topological polar surface area (TPSA) is 125 Å². The number of H-pyrrole nitrogens is 1. The number of aromatic amines is 1. The largest absolute Gasteiger partial charge is 0.490 e. The van der Waals surface area contributed by atoms with Crippen molar-refractivity contribution in [2.75, 3.05) is 11.4 Å². The van der Waals surface area contributed by atoms with E-state index in [1.54, 1.807) is 4.90 Å². The molecule has 1 amide bonds. The third-order valence-electron chi connectivity index (χ3n) is 4.00. The number of carbonyl (C=O) groups excluding carboxylic acids is 1. The highest BCUT2D eigenvalue weighted by Gasteiger charge is 2.38. The Labute approximate surface area is 158 Å². The van der Waals surface area contributed by atoms with E-state index in [2.05, 4.69) is 22.1 Å². The van der Waals surface area contributed by atoms with Gasteiger partial charge in [-0.2, -0.15) is 18.3 Å². The molecule has 4 N–H and O–H groups in total. The van der Waals surface area contributed by atoms with Crippen molar-refractivity contribution in [1.29, 1.82) is 0 Å². The van der Waals surface area contributed by atoms with Crippen LogP contribution in [-0.2, 0) is 22.4 Å². The van der Waals surface area contributed by atoms with Crippen LogP contribution >= 0.6 is 0 Å². The maximum Gasteiger partial charge on any atom is 0.490 e. The van der Waals surface area contributed by atoms with E-state index in [0.29, 0.717) is 5.82 Å². The molecule has 8 nitrogen and oxygen atoms in total. The number of aryl methyl sites for hydroxylation is 1. The van der Waals surface area contributed by atoms with Gasteiger partial charge in [-0.3, -0.25) is 14.8 Å². The number of carbonyl (C=O) groups is 2. The Morgan fingerprint density at radius 1 is 1.36 bits per heavy atom. The first-order valence-electron chi connectivity index (χ1n) is 8.50. The molecule has 2 heterocycles. The fraction of sp³-hybridized carbons (Fsp3) is 0.412. The van der Waals surface area contributed by atoms with Gasteiger partial charge < -0.3 is 10.8 Å². The molecule has 1 aromatic heterocycles. The molecule has 0 spiro atoms. The molecule has 11 heteroatoms. The molecule has 0 radical (unpaired) electrons. The number of benzene rings is 1. The van der Waals surface area contributed by atoms with Crippen molar-refractivity contribution in [3.05, 3.63) is 41.5 Å². The van der Waals surface area contributed by atoms with E-state index >= 15 is 0 Å². The third kappa shape index (κ3) is 4.85. The van der Waals surface area contributed by atoms with Gasteiger partial charge in [-0.15, -0.1) is 0 Å². The van der Waals surface area contributed by atoms with Crippen molar-refractivity contribution in [2.45, 2.75) is 38.4 Å². The molecule has 1 aromatic carbocycles. The summed E-state index contributed by atoms with van der Waals surface area (Å²) in [6, 6.07) is 7.72. The second-order valence-electron chi connectivity index (χ2n) is 6.01. The van der Waals surface area contributed by atoms with Crippen LogP contribution in [0.5, 0.6) is 0 Å². The number of amides is 1. The van der Waals surface area contributed by atoms with E-state index < -0.39 is 12.1 Å². The highest BCUT2D eigenvalue weighted by atomic mass is 19.4. The number of anilines is 1. The smallest absolute Gasteiger partial charge is 0.475 e. The van der Waals surface area contributed by atoms with Crippen LogP contribution in [0.15, 0.2) is 24.3 Å². The van der Waals surface area contributed by atoms with Crippen LogP contribution in [0.2, 0.25) is 0 Å². The first kappa shape index (κ1) is 21.4. The van der Waals surface area contributed by atoms with Gasteiger partial charge in [0.15, 0.2) is 5.82 Å². The van der Waals surface area contributed by atoms with Gasteiger partial charge in [0, 0.05) is 18.5 Å². The van der Waals surface area contributed by atoms with Gasteiger partial charge in [0.25, 0.3) is 0 Å². The van der Waals surface area contributed by atoms with E-state index in [-0.39, 0.29) is 18.5 Å². The quantitative estimate of drug-likeness (QED) is 0.722. The van der Waals surface area contributed by atoms with Crippen molar-refractivity contribution in [1.82, 2.24) is 15.2 Å². The zero-order chi connectivity index (χ0) is 20.9. The second-order valence-corrected chi connectivity index (χ2v) is 6.01. The van der Waals surface area contributed by atoms with Gasteiger partial charge in [-0.25, -0.2) is 9.78 Å². The number of alkyl halides is 3. The molecule has 1 aliphatic rings. The number of hydrogen-bond donors (Lipinski definition) is 3. The first-order chi connectivity index (χ1) is 13.2. The summed E-state index contributed by atoms with van der Waals surface area (Å²) in [5.41, 5.74) is 7.61. The van der Waals surface area contributed by atoms with Gasteiger partial charge in [0.05, 0.1) is 6.54 Å². The fourth-order valence-corrected chi connectivity index (χ4v) is 2.81. The fourth-order valence-electron chi connectivity index (χ4n) is 2.81. The van der Waals surface area contributed by atoms with Crippen LogP contribution < -0.4 is 10.6 Å². The molecule has 1 unspecified atom stereocenters. The lowest BCUT2D eigenvalue weighted by atomic mass is 10.1. The molecule has 1 aliphatic heterocycles. The van der Waals surface area contributed by atoms with Gasteiger partial charge in [-0.1, -0.05) is 25.1 Å². The lowest BCUT2D eigenvalue weighted by Crippen LogP contribution is -2.37. The Balaban J connectivity index is 0.000000345. The number of fused-ring (bicyclic) bond motifs is 1. The number of nitrogens with two attached hydrogens (primary N) is 1. The minimum absolute atomic E-state index is 0.0168. The van der Waals surface area contributed by atoms with Crippen molar-refractivity contribution in [2.24, 2.45) is 5.73 Å². The molecule has 2 aromatic rings. The molecule has 28 heavy (non-hydrogen) atoms. The Morgan fingerprint density at radius 2 is 2.00 bits per heavy atom. The summed E-state index contributed by atoms with van der Waals surface area (Å²) >= 11 is 0. The van der Waals surface area contributed by atoms with Crippen molar-refractivity contribution >= 4 is 17.6 Å². The van der Waals surface area contributed by atoms with Crippen LogP contribution in [-0.4, -0.2) is 44.9 Å². The molecule has 152 valence electrons. The highest BCUT2D eigenvalue weighted by molar-refractivity contribution is 5.97. The average Bonchev–Trinajstić information content (AvgIpc) is 3.25. The molecule has 0 saturated carbocycles. The second kappa shape index (κ2) is 8.83. The number of rotatable bonds is 4. The Morgan fingerprint density at radius 3 is 2.57 bits per heavy atom. The van der Waals surface area contributed by atoms with Gasteiger partial charge in [0.2, 0.25) is 5.91 Å². The number of nitrogens with one attached hydrogen (secondary N) is 1. The Hall–Kier alpha value is -2.95. The van der Waals surface area contributed by atoms with Crippen molar-refractivity contribution in [3.63, 3.8) is 0 Å². The molecular weight excluding hydrogens is 379 g/mol. The number of carboxylic acid groups (broad SMARTS) is 1. The highest BCUT2D eigenvalue weighted by Crippen LogP contribution is 2.39. The molecule has 0 saturated heterocycles. The predicted octanol–water partition coefficient (Wildman–Crippen LogP) is 1.98. The van der Waals surface area contributed by atoms with Crippen LogP contribution in [0.3, 0.4) is 0 Å². The van der Waals surface area contributed by atoms with Crippen LogP contribution in [0.1, 0.15) is 36.6 Å². The zero-order valence-corrected chi connectivity index (χ0v) is 15.0. The number of aliphatic carboxylic acids is 1.